The van der Waals surface area contributed by atoms with E-state index < -0.39 is 6.10 Å². The van der Waals surface area contributed by atoms with Gasteiger partial charge in [0.1, 0.15) is 5.75 Å². The smallest absolute Gasteiger partial charge is 0.322 e. The van der Waals surface area contributed by atoms with Gasteiger partial charge in [-0.3, -0.25) is 0 Å². The van der Waals surface area contributed by atoms with Crippen LogP contribution in [0.1, 0.15) is 32.6 Å². The van der Waals surface area contributed by atoms with Crippen molar-refractivity contribution in [3.63, 3.8) is 0 Å². The van der Waals surface area contributed by atoms with Crippen molar-refractivity contribution in [1.29, 1.82) is 0 Å². The fourth-order valence-corrected chi connectivity index (χ4v) is 2.78. The van der Waals surface area contributed by atoms with E-state index in [1.54, 1.807) is 18.1 Å². The monoisotopic (exact) mass is 292 g/mol. The minimum Gasteiger partial charge on any atom is -0.497 e. The van der Waals surface area contributed by atoms with Gasteiger partial charge in [0.15, 0.2) is 0 Å². The van der Waals surface area contributed by atoms with Gasteiger partial charge in [-0.25, -0.2) is 4.79 Å². The first-order chi connectivity index (χ1) is 10.2. The largest absolute Gasteiger partial charge is 0.497 e. The van der Waals surface area contributed by atoms with Crippen LogP contribution in [0.2, 0.25) is 0 Å². The lowest BCUT2D eigenvalue weighted by atomic mass is 9.96. The number of aliphatic hydroxyl groups excluding tert-OH is 1. The Labute approximate surface area is 125 Å². The molecule has 0 unspecified atom stereocenters. The summed E-state index contributed by atoms with van der Waals surface area (Å²) in [6.45, 7) is 2.63. The Bertz CT molecular complexity index is 478. The van der Waals surface area contributed by atoms with Crippen molar-refractivity contribution in [2.24, 2.45) is 0 Å². The van der Waals surface area contributed by atoms with Crippen LogP contribution in [0.25, 0.3) is 0 Å². The molecule has 116 valence electrons. The molecule has 0 aromatic heterocycles. The third-order valence-corrected chi connectivity index (χ3v) is 3.99. The topological polar surface area (TPSA) is 61.8 Å². The molecular weight excluding hydrogens is 268 g/mol. The highest BCUT2D eigenvalue weighted by atomic mass is 16.5. The van der Waals surface area contributed by atoms with Crippen LogP contribution >= 0.6 is 0 Å². The highest BCUT2D eigenvalue weighted by Crippen LogP contribution is 2.23. The van der Waals surface area contributed by atoms with Crippen LogP contribution in [-0.2, 0) is 0 Å². The summed E-state index contributed by atoms with van der Waals surface area (Å²) in [5, 5.41) is 13.0. The molecule has 5 nitrogen and oxygen atoms in total. The first-order valence-electron chi connectivity index (χ1n) is 7.55. The Hall–Kier alpha value is -1.75. The zero-order valence-electron chi connectivity index (χ0n) is 12.7. The second kappa shape index (κ2) is 7.31. The summed E-state index contributed by atoms with van der Waals surface area (Å²) in [6, 6.07) is 7.04. The highest BCUT2D eigenvalue weighted by molar-refractivity contribution is 5.89. The minimum absolute atomic E-state index is 0.0886. The third kappa shape index (κ3) is 3.88. The lowest BCUT2D eigenvalue weighted by Crippen LogP contribution is -2.51. The molecule has 2 N–H and O–H groups in total. The second-order valence-corrected chi connectivity index (χ2v) is 5.39. The summed E-state index contributed by atoms with van der Waals surface area (Å²) in [4.78, 5) is 14.2. The SMILES string of the molecule is CC[C@H](O)[C@H]1CCCCN1C(=O)Nc1cccc(OC)c1. The Morgan fingerprint density at radius 3 is 3.05 bits per heavy atom. The fourth-order valence-electron chi connectivity index (χ4n) is 2.78. The summed E-state index contributed by atoms with van der Waals surface area (Å²) in [5.41, 5.74) is 0.703. The van der Waals surface area contributed by atoms with Crippen molar-refractivity contribution in [2.75, 3.05) is 19.0 Å². The van der Waals surface area contributed by atoms with Crippen molar-refractivity contribution in [1.82, 2.24) is 4.90 Å². The van der Waals surface area contributed by atoms with E-state index in [-0.39, 0.29) is 12.1 Å². The number of amides is 2. The number of carbonyl (C=O) groups excluding carboxylic acids is 1. The summed E-state index contributed by atoms with van der Waals surface area (Å²) in [7, 11) is 1.60. The molecule has 0 aliphatic carbocycles. The molecule has 1 aliphatic heterocycles. The number of carbonyl (C=O) groups is 1. The number of aliphatic hydroxyl groups is 1. The van der Waals surface area contributed by atoms with Crippen molar-refractivity contribution in [3.8, 4) is 5.75 Å². The first kappa shape index (κ1) is 15.6. The maximum Gasteiger partial charge on any atom is 0.322 e. The second-order valence-electron chi connectivity index (χ2n) is 5.39. The van der Waals surface area contributed by atoms with Gasteiger partial charge >= 0.3 is 6.03 Å². The van der Waals surface area contributed by atoms with Gasteiger partial charge in [-0.05, 0) is 37.8 Å². The molecule has 2 amide bonds. The van der Waals surface area contributed by atoms with Crippen molar-refractivity contribution in [2.45, 2.75) is 44.8 Å². The molecule has 1 heterocycles. The standard InChI is InChI=1S/C16H24N2O3/c1-3-15(19)14-9-4-5-10-18(14)16(20)17-12-7-6-8-13(11-12)21-2/h6-8,11,14-15,19H,3-5,9-10H2,1-2H3,(H,17,20)/t14-,15+/m1/s1. The number of piperidine rings is 1. The zero-order valence-corrected chi connectivity index (χ0v) is 12.7. The van der Waals surface area contributed by atoms with Gasteiger partial charge in [-0.2, -0.15) is 0 Å². The van der Waals surface area contributed by atoms with Crippen LogP contribution < -0.4 is 10.1 Å². The van der Waals surface area contributed by atoms with Crippen LogP contribution in [0, 0.1) is 0 Å². The molecule has 1 aromatic rings. The van der Waals surface area contributed by atoms with Crippen molar-refractivity contribution < 1.29 is 14.6 Å². The Morgan fingerprint density at radius 1 is 1.52 bits per heavy atom. The molecule has 0 bridgehead atoms. The molecule has 1 saturated heterocycles. The van der Waals surface area contributed by atoms with Gasteiger partial charge in [-0.15, -0.1) is 0 Å². The van der Waals surface area contributed by atoms with Crippen molar-refractivity contribution >= 4 is 11.7 Å². The number of rotatable bonds is 4. The van der Waals surface area contributed by atoms with E-state index in [4.69, 9.17) is 4.74 Å². The van der Waals surface area contributed by atoms with Gasteiger partial charge in [0.05, 0.1) is 19.3 Å². The number of anilines is 1. The maximum absolute atomic E-state index is 12.5. The van der Waals surface area contributed by atoms with Gasteiger partial charge in [-0.1, -0.05) is 13.0 Å². The average Bonchev–Trinajstić information content (AvgIpc) is 2.54. The van der Waals surface area contributed by atoms with E-state index in [9.17, 15) is 9.90 Å². The number of ether oxygens (including phenoxy) is 1. The lowest BCUT2D eigenvalue weighted by Gasteiger charge is -2.38. The lowest BCUT2D eigenvalue weighted by molar-refractivity contribution is 0.0471. The van der Waals surface area contributed by atoms with Crippen LogP contribution in [0.15, 0.2) is 24.3 Å². The number of likely N-dealkylation sites (tertiary alicyclic amines) is 1. The average molecular weight is 292 g/mol. The normalized spacial score (nSPS) is 20.0. The molecule has 0 saturated carbocycles. The molecule has 21 heavy (non-hydrogen) atoms. The number of nitrogens with zero attached hydrogens (tertiary/aromatic N) is 1. The van der Waals surface area contributed by atoms with E-state index in [2.05, 4.69) is 5.32 Å². The number of hydrogen-bond donors (Lipinski definition) is 2. The molecule has 2 atom stereocenters. The molecule has 1 aromatic carbocycles. The molecule has 1 aliphatic rings. The maximum atomic E-state index is 12.5. The van der Waals surface area contributed by atoms with Gasteiger partial charge in [0, 0.05) is 18.3 Å². The highest BCUT2D eigenvalue weighted by Gasteiger charge is 2.31. The van der Waals surface area contributed by atoms with Crippen molar-refractivity contribution in [3.05, 3.63) is 24.3 Å². The molecule has 2 rings (SSSR count). The number of methoxy groups -OCH3 is 1. The van der Waals surface area contributed by atoms with Crippen LogP contribution in [0.5, 0.6) is 5.75 Å². The number of benzene rings is 1. The summed E-state index contributed by atoms with van der Waals surface area (Å²) in [6.07, 6.45) is 3.11. The van der Waals surface area contributed by atoms with Crippen LogP contribution in [0.3, 0.4) is 0 Å². The van der Waals surface area contributed by atoms with E-state index in [1.807, 2.05) is 25.1 Å². The first-order valence-corrected chi connectivity index (χ1v) is 7.55. The Kier molecular flexibility index (Phi) is 5.44. The zero-order chi connectivity index (χ0) is 15.2. The predicted octanol–water partition coefficient (Wildman–Crippen LogP) is 2.85. The van der Waals surface area contributed by atoms with Gasteiger partial charge in [0.25, 0.3) is 0 Å². The van der Waals surface area contributed by atoms with E-state index in [0.717, 1.165) is 19.3 Å². The molecule has 0 radical (unpaired) electrons. The molecule has 1 fully saturated rings. The van der Waals surface area contributed by atoms with Gasteiger partial charge in [0.2, 0.25) is 0 Å². The number of hydrogen-bond acceptors (Lipinski definition) is 3. The summed E-state index contributed by atoms with van der Waals surface area (Å²) >= 11 is 0. The molecule has 0 spiro atoms. The van der Waals surface area contributed by atoms with Crippen LogP contribution in [-0.4, -0.2) is 41.8 Å². The van der Waals surface area contributed by atoms with E-state index in [1.165, 1.54) is 0 Å². The van der Waals surface area contributed by atoms with E-state index in [0.29, 0.717) is 24.4 Å². The summed E-state index contributed by atoms with van der Waals surface area (Å²) in [5.74, 6) is 0.705. The van der Waals surface area contributed by atoms with Crippen LogP contribution in [0.4, 0.5) is 10.5 Å². The Morgan fingerprint density at radius 2 is 2.33 bits per heavy atom. The third-order valence-electron chi connectivity index (χ3n) is 3.99. The minimum atomic E-state index is -0.457. The predicted molar refractivity (Wildman–Crippen MR) is 82.7 cm³/mol. The Balaban J connectivity index is 2.06. The molecule has 5 heteroatoms. The van der Waals surface area contributed by atoms with E-state index >= 15 is 0 Å². The number of urea groups is 1. The van der Waals surface area contributed by atoms with Gasteiger partial charge < -0.3 is 20.1 Å². The number of nitrogens with one attached hydrogen (secondary N) is 1. The summed E-state index contributed by atoms with van der Waals surface area (Å²) < 4.78 is 5.15. The quantitative estimate of drug-likeness (QED) is 0.897. The molecular formula is C16H24N2O3. The fraction of sp³-hybridized carbons (Fsp3) is 0.562.